The highest BCUT2D eigenvalue weighted by Gasteiger charge is 2.37. The molecule has 9 nitrogen and oxygen atoms in total. The SMILES string of the molecule is CC(=O)C(O)C(O)C(OS(=O)(=O)O)C(O)CO. The first-order valence-electron chi connectivity index (χ1n) is 4.41. The minimum absolute atomic E-state index is 0.906. The Morgan fingerprint density at radius 2 is 1.76 bits per heavy atom. The van der Waals surface area contributed by atoms with Crippen LogP contribution >= 0.6 is 0 Å². The molecule has 0 aliphatic rings. The first-order chi connectivity index (χ1) is 7.60. The Hall–Kier alpha value is -0.620. The summed E-state index contributed by atoms with van der Waals surface area (Å²) >= 11 is 0. The molecule has 4 unspecified atom stereocenters. The van der Waals surface area contributed by atoms with Crippen molar-refractivity contribution in [3.05, 3.63) is 0 Å². The minimum atomic E-state index is -5.04. The molecule has 0 radical (unpaired) electrons. The third-order valence-corrected chi connectivity index (χ3v) is 2.34. The number of carbonyl (C=O) groups is 1. The molecule has 0 aromatic rings. The van der Waals surface area contributed by atoms with E-state index in [0.717, 1.165) is 6.92 Å². The predicted molar refractivity (Wildman–Crippen MR) is 52.2 cm³/mol. The van der Waals surface area contributed by atoms with Gasteiger partial charge in [0, 0.05) is 0 Å². The molecule has 0 fully saturated rings. The molecule has 102 valence electrons. The summed E-state index contributed by atoms with van der Waals surface area (Å²) in [5.41, 5.74) is 0. The Morgan fingerprint density at radius 1 is 1.29 bits per heavy atom. The van der Waals surface area contributed by atoms with Crippen LogP contribution in [0.1, 0.15) is 6.92 Å². The van der Waals surface area contributed by atoms with Gasteiger partial charge in [-0.3, -0.25) is 9.35 Å². The van der Waals surface area contributed by atoms with Gasteiger partial charge >= 0.3 is 10.4 Å². The number of Topliss-reactive ketones (excluding diaryl/α,β-unsaturated/α-hetero) is 1. The molecule has 0 spiro atoms. The van der Waals surface area contributed by atoms with Crippen molar-refractivity contribution in [1.82, 2.24) is 0 Å². The van der Waals surface area contributed by atoms with Crippen LogP contribution in [0.15, 0.2) is 0 Å². The molecule has 0 amide bonds. The molecule has 0 heterocycles. The monoisotopic (exact) mass is 274 g/mol. The van der Waals surface area contributed by atoms with Crippen LogP contribution in [0.5, 0.6) is 0 Å². The number of aliphatic hydroxyl groups is 4. The van der Waals surface area contributed by atoms with E-state index < -0.39 is 47.2 Å². The van der Waals surface area contributed by atoms with Gasteiger partial charge in [0.2, 0.25) is 0 Å². The molecule has 0 aliphatic heterocycles. The maximum atomic E-state index is 10.7. The van der Waals surface area contributed by atoms with E-state index in [1.807, 2.05) is 0 Å². The number of hydrogen-bond acceptors (Lipinski definition) is 8. The molecule has 0 rings (SSSR count). The quantitative estimate of drug-likeness (QED) is 0.301. The van der Waals surface area contributed by atoms with Crippen molar-refractivity contribution < 1.29 is 42.4 Å². The average Bonchev–Trinajstić information content (AvgIpc) is 2.21. The summed E-state index contributed by atoms with van der Waals surface area (Å²) in [6.07, 6.45) is -8.14. The highest BCUT2D eigenvalue weighted by atomic mass is 32.3. The van der Waals surface area contributed by atoms with Crippen LogP contribution in [-0.2, 0) is 19.4 Å². The number of aliphatic hydroxyl groups excluding tert-OH is 4. The summed E-state index contributed by atoms with van der Waals surface area (Å²) in [7, 11) is -5.04. The van der Waals surface area contributed by atoms with Gasteiger partial charge < -0.3 is 20.4 Å². The number of rotatable bonds is 7. The molecule has 0 saturated heterocycles. The van der Waals surface area contributed by atoms with Crippen molar-refractivity contribution in [2.45, 2.75) is 31.3 Å². The van der Waals surface area contributed by atoms with E-state index in [2.05, 4.69) is 4.18 Å². The first kappa shape index (κ1) is 16.4. The van der Waals surface area contributed by atoms with Crippen LogP contribution in [0, 0.1) is 0 Å². The van der Waals surface area contributed by atoms with Gasteiger partial charge in [0.15, 0.2) is 5.78 Å². The van der Waals surface area contributed by atoms with Crippen molar-refractivity contribution in [1.29, 1.82) is 0 Å². The van der Waals surface area contributed by atoms with Gasteiger partial charge in [-0.2, -0.15) is 8.42 Å². The third-order valence-electron chi connectivity index (χ3n) is 1.88. The van der Waals surface area contributed by atoms with Crippen molar-refractivity contribution >= 4 is 16.2 Å². The maximum Gasteiger partial charge on any atom is 0.397 e. The third kappa shape index (κ3) is 5.50. The lowest BCUT2D eigenvalue weighted by Gasteiger charge is -2.26. The summed E-state index contributed by atoms with van der Waals surface area (Å²) < 4.78 is 33.1. The van der Waals surface area contributed by atoms with Crippen LogP contribution < -0.4 is 0 Å². The second-order valence-electron chi connectivity index (χ2n) is 3.28. The van der Waals surface area contributed by atoms with Crippen LogP contribution in [0.3, 0.4) is 0 Å². The molecule has 0 aromatic carbocycles. The normalized spacial score (nSPS) is 19.4. The number of carbonyl (C=O) groups excluding carboxylic acids is 1. The predicted octanol–water partition coefficient (Wildman–Crippen LogP) is -3.16. The first-order valence-corrected chi connectivity index (χ1v) is 5.78. The van der Waals surface area contributed by atoms with Crippen molar-refractivity contribution in [3.63, 3.8) is 0 Å². The molecule has 4 atom stereocenters. The van der Waals surface area contributed by atoms with E-state index in [1.54, 1.807) is 0 Å². The molecule has 0 saturated carbocycles. The van der Waals surface area contributed by atoms with Gasteiger partial charge in [0.25, 0.3) is 0 Å². The lowest BCUT2D eigenvalue weighted by atomic mass is 10.0. The number of ketones is 1. The van der Waals surface area contributed by atoms with Gasteiger partial charge in [-0.05, 0) is 6.92 Å². The van der Waals surface area contributed by atoms with E-state index in [0.29, 0.717) is 0 Å². The Bertz CT molecular complexity index is 350. The lowest BCUT2D eigenvalue weighted by Crippen LogP contribution is -2.50. The summed E-state index contributed by atoms with van der Waals surface area (Å²) in [4.78, 5) is 10.7. The summed E-state index contributed by atoms with van der Waals surface area (Å²) in [5, 5.41) is 36.3. The highest BCUT2D eigenvalue weighted by molar-refractivity contribution is 7.80. The Labute approximate surface area is 97.2 Å². The fraction of sp³-hybridized carbons (Fsp3) is 0.857. The average molecular weight is 274 g/mol. The zero-order chi connectivity index (χ0) is 13.8. The van der Waals surface area contributed by atoms with Crippen LogP contribution in [0.2, 0.25) is 0 Å². The van der Waals surface area contributed by atoms with E-state index >= 15 is 0 Å². The molecule has 5 N–H and O–H groups in total. The van der Waals surface area contributed by atoms with E-state index in [9.17, 15) is 18.3 Å². The van der Waals surface area contributed by atoms with Crippen LogP contribution in [0.25, 0.3) is 0 Å². The molecule has 17 heavy (non-hydrogen) atoms. The zero-order valence-corrected chi connectivity index (χ0v) is 9.61. The summed E-state index contributed by atoms with van der Waals surface area (Å²) in [6.45, 7) is -0.106. The maximum absolute atomic E-state index is 10.7. The van der Waals surface area contributed by atoms with Gasteiger partial charge in [-0.25, -0.2) is 4.18 Å². The van der Waals surface area contributed by atoms with Crippen LogP contribution in [-0.4, -0.2) is 70.2 Å². The molecule has 0 aliphatic carbocycles. The molecule has 10 heteroatoms. The Balaban J connectivity index is 4.98. The molecule has 0 aromatic heterocycles. The minimum Gasteiger partial charge on any atom is -0.394 e. The van der Waals surface area contributed by atoms with Crippen molar-refractivity contribution in [3.8, 4) is 0 Å². The van der Waals surface area contributed by atoms with Gasteiger partial charge in [0.1, 0.15) is 24.4 Å². The van der Waals surface area contributed by atoms with E-state index in [-0.39, 0.29) is 0 Å². The molecular formula is C7H14O9S. The summed E-state index contributed by atoms with van der Waals surface area (Å²) in [6, 6.07) is 0. The van der Waals surface area contributed by atoms with Crippen molar-refractivity contribution in [2.75, 3.05) is 6.61 Å². The Morgan fingerprint density at radius 3 is 2.06 bits per heavy atom. The standard InChI is InChI=1S/C7H14O9S/c1-3(9)5(11)6(12)7(4(10)2-8)16-17(13,14)15/h4-8,10-12H,2H2,1H3,(H,13,14,15). The van der Waals surface area contributed by atoms with E-state index in [4.69, 9.17) is 19.9 Å². The highest BCUT2D eigenvalue weighted by Crippen LogP contribution is 2.12. The largest absolute Gasteiger partial charge is 0.397 e. The topological polar surface area (TPSA) is 162 Å². The molecule has 0 bridgehead atoms. The van der Waals surface area contributed by atoms with E-state index in [1.165, 1.54) is 0 Å². The van der Waals surface area contributed by atoms with Crippen LogP contribution in [0.4, 0.5) is 0 Å². The van der Waals surface area contributed by atoms with Crippen molar-refractivity contribution in [2.24, 2.45) is 0 Å². The van der Waals surface area contributed by atoms with Gasteiger partial charge in [0.05, 0.1) is 6.61 Å². The number of hydrogen-bond donors (Lipinski definition) is 5. The lowest BCUT2D eigenvalue weighted by molar-refractivity contribution is -0.142. The van der Waals surface area contributed by atoms with Gasteiger partial charge in [-0.1, -0.05) is 0 Å². The fourth-order valence-corrected chi connectivity index (χ4v) is 1.54. The Kier molecular flexibility index (Phi) is 6.12. The smallest absolute Gasteiger partial charge is 0.394 e. The van der Waals surface area contributed by atoms with Gasteiger partial charge in [-0.15, -0.1) is 0 Å². The molecular weight excluding hydrogens is 260 g/mol. The fourth-order valence-electron chi connectivity index (χ4n) is 1.01. The second kappa shape index (κ2) is 6.35. The second-order valence-corrected chi connectivity index (χ2v) is 4.33. The summed E-state index contributed by atoms with van der Waals surface area (Å²) in [5.74, 6) is -0.911. The zero-order valence-electron chi connectivity index (χ0n) is 8.79.